The molecule has 0 radical (unpaired) electrons. The number of carbonyl (C=O) groups excluding carboxylic acids is 3. The third-order valence-electron chi connectivity index (χ3n) is 9.79. The quantitative estimate of drug-likeness (QED) is 0.174. The van der Waals surface area contributed by atoms with Crippen LogP contribution in [0.15, 0.2) is 91.0 Å². The second-order valence-corrected chi connectivity index (χ2v) is 13.5. The fourth-order valence-electron chi connectivity index (χ4n) is 7.06. The number of aromatic nitrogens is 5. The van der Waals surface area contributed by atoms with E-state index in [1.807, 2.05) is 48.5 Å². The molecule has 5 aromatic rings. The predicted molar refractivity (Wildman–Crippen MR) is 198 cm³/mol. The van der Waals surface area contributed by atoms with Crippen molar-refractivity contribution in [1.29, 1.82) is 0 Å². The summed E-state index contributed by atoms with van der Waals surface area (Å²) in [5.74, 6) is -2.93. The molecule has 0 spiro atoms. The first-order chi connectivity index (χ1) is 26.7. The van der Waals surface area contributed by atoms with Crippen molar-refractivity contribution in [2.24, 2.45) is 0 Å². The number of benzene rings is 4. The number of fused-ring (bicyclic) bond motifs is 1. The van der Waals surface area contributed by atoms with Gasteiger partial charge in [0.05, 0.1) is 16.3 Å². The highest BCUT2D eigenvalue weighted by atomic mass is 35.5. The van der Waals surface area contributed by atoms with Crippen molar-refractivity contribution in [3.63, 3.8) is 0 Å². The van der Waals surface area contributed by atoms with E-state index in [-0.39, 0.29) is 47.0 Å². The number of nitrogens with zero attached hydrogens (tertiary/aromatic N) is 7. The van der Waals surface area contributed by atoms with E-state index in [9.17, 15) is 24.3 Å². The summed E-state index contributed by atoms with van der Waals surface area (Å²) in [6.45, 7) is 1.34. The molecule has 1 saturated heterocycles. The van der Waals surface area contributed by atoms with Crippen molar-refractivity contribution < 1.29 is 33.4 Å². The van der Waals surface area contributed by atoms with Crippen LogP contribution >= 0.6 is 11.6 Å². The zero-order valence-corrected chi connectivity index (χ0v) is 30.0. The number of halogens is 2. The van der Waals surface area contributed by atoms with E-state index in [0.717, 1.165) is 27.6 Å². The molecule has 2 N–H and O–H groups in total. The minimum Gasteiger partial charge on any atom is -0.478 e. The van der Waals surface area contributed by atoms with Gasteiger partial charge in [-0.05, 0) is 111 Å². The molecule has 3 amide bonds. The number of nitrogens with one attached hydrogen (secondary N) is 1. The molecule has 1 aromatic heterocycles. The second kappa shape index (κ2) is 16.3. The summed E-state index contributed by atoms with van der Waals surface area (Å²) < 4.78 is 20.9. The van der Waals surface area contributed by atoms with E-state index in [0.29, 0.717) is 43.6 Å². The summed E-state index contributed by atoms with van der Waals surface area (Å²) in [5.41, 5.74) is 3.95. The van der Waals surface area contributed by atoms with Gasteiger partial charge in [-0.15, -0.1) is 4.80 Å². The topological polar surface area (TPSA) is 173 Å². The molecule has 1 unspecified atom stereocenters. The standard InChI is InChI=1S/C39H34ClFN8O6/c40-32-14-15-33(49-45-43-44-46-49)31(35(32)41)13-16-34(50)48-22-19-29-28(25-17-20-47(21-18-25)39(54)55-23-24-5-2-1-3-6-24)7-4-8-30(29)36(48)37(51)42-27-11-9-26(10-12-27)38(52)53/h1-16,25,36H,17-23H2,(H,42,51)(H,52,53)/b16-13+. The van der Waals surface area contributed by atoms with Gasteiger partial charge in [-0.1, -0.05) is 60.1 Å². The first-order valence-corrected chi connectivity index (χ1v) is 17.9. The largest absolute Gasteiger partial charge is 0.478 e. The number of likely N-dealkylation sites (tertiary alicyclic amines) is 1. The molecule has 2 aliphatic rings. The minimum absolute atomic E-state index is 0.0487. The Hall–Kier alpha value is -6.48. The maximum atomic E-state index is 15.3. The molecular weight excluding hydrogens is 731 g/mol. The molecule has 3 heterocycles. The average Bonchev–Trinajstić information content (AvgIpc) is 3.75. The molecule has 0 bridgehead atoms. The number of hydrogen-bond acceptors (Lipinski definition) is 9. The Balaban J connectivity index is 1.14. The van der Waals surface area contributed by atoms with Crippen molar-refractivity contribution in [2.45, 2.75) is 37.8 Å². The van der Waals surface area contributed by atoms with E-state index < -0.39 is 29.6 Å². The molecule has 16 heteroatoms. The number of carboxylic acids is 1. The van der Waals surface area contributed by atoms with Crippen LogP contribution in [0.1, 0.15) is 63.0 Å². The highest BCUT2D eigenvalue weighted by Gasteiger charge is 2.38. The van der Waals surface area contributed by atoms with E-state index in [1.165, 1.54) is 47.4 Å². The van der Waals surface area contributed by atoms with Crippen LogP contribution in [-0.4, -0.2) is 84.1 Å². The summed E-state index contributed by atoms with van der Waals surface area (Å²) in [5, 5.41) is 26.3. The Morgan fingerprint density at radius 3 is 2.31 bits per heavy atom. The van der Waals surface area contributed by atoms with Crippen LogP contribution in [0.5, 0.6) is 0 Å². The van der Waals surface area contributed by atoms with Gasteiger partial charge in [-0.25, -0.2) is 14.0 Å². The Kier molecular flexibility index (Phi) is 10.9. The van der Waals surface area contributed by atoms with Crippen molar-refractivity contribution in [2.75, 3.05) is 25.0 Å². The molecule has 1 atom stereocenters. The molecule has 4 aromatic carbocycles. The number of ether oxygens (including phenoxy) is 1. The zero-order valence-electron chi connectivity index (χ0n) is 29.2. The van der Waals surface area contributed by atoms with Gasteiger partial charge in [0.1, 0.15) is 12.6 Å². The summed E-state index contributed by atoms with van der Waals surface area (Å²) in [6, 6.07) is 22.6. The zero-order chi connectivity index (χ0) is 38.5. The van der Waals surface area contributed by atoms with E-state index >= 15 is 4.39 Å². The van der Waals surface area contributed by atoms with Crippen molar-refractivity contribution in [3.05, 3.63) is 135 Å². The number of anilines is 1. The monoisotopic (exact) mass is 764 g/mol. The molecule has 0 saturated carbocycles. The third kappa shape index (κ3) is 8.06. The van der Waals surface area contributed by atoms with Gasteiger partial charge < -0.3 is 25.0 Å². The Labute approximate surface area is 319 Å². The minimum atomic E-state index is -1.11. The Bertz CT molecular complexity index is 2250. The van der Waals surface area contributed by atoms with Gasteiger partial charge in [0.2, 0.25) is 5.91 Å². The molecule has 1 fully saturated rings. The number of amides is 3. The third-order valence-corrected chi connectivity index (χ3v) is 10.1. The molecular formula is C39H34ClFN8O6. The van der Waals surface area contributed by atoms with Crippen molar-refractivity contribution in [1.82, 2.24) is 35.4 Å². The highest BCUT2D eigenvalue weighted by Crippen LogP contribution is 2.39. The van der Waals surface area contributed by atoms with Crippen molar-refractivity contribution >= 4 is 47.2 Å². The average molecular weight is 765 g/mol. The molecule has 55 heavy (non-hydrogen) atoms. The fourth-order valence-corrected chi connectivity index (χ4v) is 7.22. The van der Waals surface area contributed by atoms with Crippen LogP contribution in [0.3, 0.4) is 0 Å². The van der Waals surface area contributed by atoms with E-state index in [2.05, 4.69) is 26.2 Å². The number of hydrogen-bond donors (Lipinski definition) is 2. The van der Waals surface area contributed by atoms with Gasteiger partial charge in [-0.2, -0.15) is 0 Å². The van der Waals surface area contributed by atoms with Gasteiger partial charge >= 0.3 is 12.1 Å². The maximum absolute atomic E-state index is 15.3. The predicted octanol–water partition coefficient (Wildman–Crippen LogP) is 5.84. The SMILES string of the molecule is O=C(O)c1ccc(NC(=O)C2c3cccc(C4CCN(C(=O)OCc5ccccc5)CC4)c3CCN2C(=O)/C=C/c2c(-n3nnnn3)ccc(Cl)c2F)cc1. The van der Waals surface area contributed by atoms with Crippen molar-refractivity contribution in [3.8, 4) is 5.69 Å². The van der Waals surface area contributed by atoms with Gasteiger partial charge in [0, 0.05) is 37.0 Å². The van der Waals surface area contributed by atoms with Crippen LogP contribution in [0.25, 0.3) is 11.8 Å². The summed E-state index contributed by atoms with van der Waals surface area (Å²) in [4.78, 5) is 56.6. The normalized spacial score (nSPS) is 15.8. The van der Waals surface area contributed by atoms with E-state index in [1.54, 1.807) is 4.90 Å². The highest BCUT2D eigenvalue weighted by molar-refractivity contribution is 6.31. The molecule has 2 aliphatic heterocycles. The lowest BCUT2D eigenvalue weighted by molar-refractivity contribution is -0.135. The molecule has 0 aliphatic carbocycles. The van der Waals surface area contributed by atoms with Gasteiger partial charge in [0.25, 0.3) is 5.91 Å². The van der Waals surface area contributed by atoms with Gasteiger partial charge in [-0.3, -0.25) is 9.59 Å². The second-order valence-electron chi connectivity index (χ2n) is 13.0. The molecule has 7 rings (SSSR count). The van der Waals surface area contributed by atoms with Crippen LogP contribution in [-0.2, 0) is 27.4 Å². The molecule has 280 valence electrons. The Morgan fingerprint density at radius 2 is 1.60 bits per heavy atom. The lowest BCUT2D eigenvalue weighted by Crippen LogP contribution is -2.45. The van der Waals surface area contributed by atoms with Crippen LogP contribution < -0.4 is 5.32 Å². The summed E-state index contributed by atoms with van der Waals surface area (Å²) in [7, 11) is 0. The van der Waals surface area contributed by atoms with Gasteiger partial charge in [0.15, 0.2) is 5.82 Å². The lowest BCUT2D eigenvalue weighted by atomic mass is 9.80. The van der Waals surface area contributed by atoms with Crippen LogP contribution in [0.2, 0.25) is 5.02 Å². The number of carbonyl (C=O) groups is 4. The molecule has 14 nitrogen and oxygen atoms in total. The number of aromatic carboxylic acids is 1. The number of rotatable bonds is 9. The van der Waals surface area contributed by atoms with E-state index in [4.69, 9.17) is 16.3 Å². The van der Waals surface area contributed by atoms with Crippen LogP contribution in [0, 0.1) is 5.82 Å². The fraction of sp³-hybridized carbons (Fsp3) is 0.231. The van der Waals surface area contributed by atoms with Crippen LogP contribution in [0.4, 0.5) is 14.9 Å². The Morgan fingerprint density at radius 1 is 0.891 bits per heavy atom. The first kappa shape index (κ1) is 36.9. The maximum Gasteiger partial charge on any atom is 0.410 e. The number of carboxylic acid groups (broad SMARTS) is 1. The first-order valence-electron chi connectivity index (χ1n) is 17.5. The lowest BCUT2D eigenvalue weighted by Gasteiger charge is -2.38. The number of piperidine rings is 1. The summed E-state index contributed by atoms with van der Waals surface area (Å²) in [6.07, 6.45) is 3.83. The summed E-state index contributed by atoms with van der Waals surface area (Å²) >= 11 is 6.08. The smallest absolute Gasteiger partial charge is 0.410 e.